The first-order valence-electron chi connectivity index (χ1n) is 12.3. The van der Waals surface area contributed by atoms with Crippen LogP contribution >= 0.6 is 11.3 Å². The number of pyridine rings is 1. The Morgan fingerprint density at radius 2 is 1.89 bits per heavy atom. The summed E-state index contributed by atoms with van der Waals surface area (Å²) >= 11 is 1.40. The van der Waals surface area contributed by atoms with Gasteiger partial charge >= 0.3 is 0 Å². The largest absolute Gasteiger partial charge is 0.491 e. The minimum absolute atomic E-state index is 0.118. The van der Waals surface area contributed by atoms with Crippen molar-refractivity contribution in [2.45, 2.75) is 46.2 Å². The van der Waals surface area contributed by atoms with Crippen LogP contribution in [0.4, 0.5) is 10.9 Å². The molecule has 1 aliphatic rings. The van der Waals surface area contributed by atoms with Gasteiger partial charge in [0.25, 0.3) is 0 Å². The lowest BCUT2D eigenvalue weighted by atomic mass is 10.0. The van der Waals surface area contributed by atoms with E-state index in [1.54, 1.807) is 0 Å². The van der Waals surface area contributed by atoms with Crippen molar-refractivity contribution in [3.05, 3.63) is 53.1 Å². The number of nitrogens with zero attached hydrogens (tertiary/aromatic N) is 6. The van der Waals surface area contributed by atoms with Gasteiger partial charge in [0.05, 0.1) is 12.6 Å². The smallest absolute Gasteiger partial charge is 0.182 e. The number of nitrogen functional groups attached to an aromatic ring is 1. The molecule has 1 atom stereocenters. The lowest BCUT2D eigenvalue weighted by molar-refractivity contribution is 0.307. The molecule has 0 amide bonds. The van der Waals surface area contributed by atoms with E-state index in [9.17, 15) is 0 Å². The van der Waals surface area contributed by atoms with Gasteiger partial charge in [-0.3, -0.25) is 4.90 Å². The van der Waals surface area contributed by atoms with Crippen LogP contribution in [0.15, 0.2) is 30.5 Å². The second kappa shape index (κ2) is 9.63. The summed E-state index contributed by atoms with van der Waals surface area (Å²) in [6, 6.07) is 8.50. The number of aromatic nitrogens is 4. The van der Waals surface area contributed by atoms with Gasteiger partial charge in [0.1, 0.15) is 34.3 Å². The molecule has 5 rings (SSSR count). The Hall–Kier alpha value is -3.30. The zero-order chi connectivity index (χ0) is 25.6. The standard InChI is InChI=1S/C27H33N7OS/c1-15(2)23-16(3)30-24(17(4)33(5)6)32-25(23)34-9-10-35-22-8-7-18(11-20(22)14-34)19-12-21-26(29-13-19)36-27(28)31-21/h7-8,11-13,15,17H,9-10,14H2,1-6H3,(H2,28,31)/t17-/m0/s1. The molecule has 9 heteroatoms. The van der Waals surface area contributed by atoms with Gasteiger partial charge in [-0.05, 0) is 57.6 Å². The molecule has 36 heavy (non-hydrogen) atoms. The van der Waals surface area contributed by atoms with Crippen LogP contribution in [0.1, 0.15) is 55.4 Å². The topological polar surface area (TPSA) is 93.3 Å². The van der Waals surface area contributed by atoms with Crippen molar-refractivity contribution >= 4 is 32.6 Å². The number of nitrogens with two attached hydrogens (primary N) is 1. The summed E-state index contributed by atoms with van der Waals surface area (Å²) < 4.78 is 6.18. The highest BCUT2D eigenvalue weighted by atomic mass is 32.1. The molecule has 4 heterocycles. The van der Waals surface area contributed by atoms with Gasteiger partial charge in [-0.25, -0.2) is 19.9 Å². The molecule has 3 aromatic heterocycles. The number of fused-ring (bicyclic) bond motifs is 2. The predicted octanol–water partition coefficient (Wildman–Crippen LogP) is 5.18. The first-order chi connectivity index (χ1) is 17.2. The number of ether oxygens (including phenoxy) is 1. The van der Waals surface area contributed by atoms with Gasteiger partial charge in [-0.2, -0.15) is 0 Å². The summed E-state index contributed by atoms with van der Waals surface area (Å²) in [6.45, 7) is 10.7. The van der Waals surface area contributed by atoms with Gasteiger partial charge in [0.15, 0.2) is 5.13 Å². The monoisotopic (exact) mass is 503 g/mol. The number of hydrogen-bond donors (Lipinski definition) is 1. The molecule has 0 saturated carbocycles. The van der Waals surface area contributed by atoms with E-state index in [2.05, 4.69) is 79.8 Å². The van der Waals surface area contributed by atoms with Crippen molar-refractivity contribution in [2.75, 3.05) is 37.9 Å². The van der Waals surface area contributed by atoms with E-state index in [0.29, 0.717) is 24.2 Å². The average Bonchev–Trinajstić information content (AvgIpc) is 3.08. The SMILES string of the molecule is Cc1nc([C@H](C)N(C)C)nc(N2CCOc3ccc(-c4cnc5sc(N)nc5c4)cc3C2)c1C(C)C. The minimum atomic E-state index is 0.118. The molecule has 4 aromatic rings. The van der Waals surface area contributed by atoms with Gasteiger partial charge in [-0.15, -0.1) is 0 Å². The van der Waals surface area contributed by atoms with Crippen molar-refractivity contribution in [3.63, 3.8) is 0 Å². The molecule has 0 bridgehead atoms. The van der Waals surface area contributed by atoms with Gasteiger partial charge < -0.3 is 15.4 Å². The fourth-order valence-corrected chi connectivity index (χ4v) is 5.33. The maximum absolute atomic E-state index is 6.18. The van der Waals surface area contributed by atoms with Crippen LogP contribution in [0.5, 0.6) is 5.75 Å². The second-order valence-corrected chi connectivity index (χ2v) is 10.9. The fraction of sp³-hybridized carbons (Fsp3) is 0.407. The Kier molecular flexibility index (Phi) is 6.53. The van der Waals surface area contributed by atoms with Crippen molar-refractivity contribution in [2.24, 2.45) is 0 Å². The number of benzene rings is 1. The Balaban J connectivity index is 1.54. The van der Waals surface area contributed by atoms with Crippen LogP contribution in [0.25, 0.3) is 21.5 Å². The van der Waals surface area contributed by atoms with Crippen LogP contribution in [0, 0.1) is 6.92 Å². The summed E-state index contributed by atoms with van der Waals surface area (Å²) in [5.74, 6) is 3.07. The van der Waals surface area contributed by atoms with Crippen LogP contribution in [-0.2, 0) is 6.54 Å². The van der Waals surface area contributed by atoms with E-state index in [-0.39, 0.29) is 6.04 Å². The quantitative estimate of drug-likeness (QED) is 0.398. The molecule has 0 aliphatic carbocycles. The van der Waals surface area contributed by atoms with Crippen LogP contribution in [0.3, 0.4) is 0 Å². The summed E-state index contributed by atoms with van der Waals surface area (Å²) in [6.07, 6.45) is 1.89. The summed E-state index contributed by atoms with van der Waals surface area (Å²) in [7, 11) is 4.12. The molecule has 0 saturated heterocycles. The number of rotatable bonds is 5. The van der Waals surface area contributed by atoms with Crippen molar-refractivity contribution < 1.29 is 4.74 Å². The van der Waals surface area contributed by atoms with Gasteiger partial charge in [0.2, 0.25) is 0 Å². The fourth-order valence-electron chi connectivity index (χ4n) is 4.67. The third-order valence-electron chi connectivity index (χ3n) is 6.80. The Morgan fingerprint density at radius 3 is 2.64 bits per heavy atom. The maximum atomic E-state index is 6.18. The van der Waals surface area contributed by atoms with Gasteiger partial charge in [-0.1, -0.05) is 31.3 Å². The number of aryl methyl sites for hydroxylation is 1. The number of thiazole rings is 1. The molecular formula is C27H33N7OS. The van der Waals surface area contributed by atoms with Crippen LogP contribution in [0.2, 0.25) is 0 Å². The third-order valence-corrected chi connectivity index (χ3v) is 7.60. The minimum Gasteiger partial charge on any atom is -0.491 e. The van der Waals surface area contributed by atoms with Crippen molar-refractivity contribution in [1.82, 2.24) is 24.8 Å². The summed E-state index contributed by atoms with van der Waals surface area (Å²) in [5, 5.41) is 0.532. The van der Waals surface area contributed by atoms with Crippen molar-refractivity contribution in [1.29, 1.82) is 0 Å². The van der Waals surface area contributed by atoms with E-state index in [1.807, 2.05) is 12.3 Å². The molecule has 0 radical (unpaired) electrons. The summed E-state index contributed by atoms with van der Waals surface area (Å²) in [4.78, 5) is 24.3. The summed E-state index contributed by atoms with van der Waals surface area (Å²) in [5.41, 5.74) is 12.1. The number of hydrogen-bond acceptors (Lipinski definition) is 9. The molecule has 0 unspecified atom stereocenters. The average molecular weight is 504 g/mol. The Labute approximate surface area is 216 Å². The van der Waals surface area contributed by atoms with Gasteiger partial charge in [0, 0.05) is 35.1 Å². The van der Waals surface area contributed by atoms with E-state index in [1.165, 1.54) is 16.9 Å². The van der Waals surface area contributed by atoms with Crippen LogP contribution < -0.4 is 15.4 Å². The predicted molar refractivity (Wildman–Crippen MR) is 147 cm³/mol. The highest BCUT2D eigenvalue weighted by Crippen LogP contribution is 2.35. The molecule has 188 valence electrons. The normalized spacial score (nSPS) is 14.7. The molecule has 0 fully saturated rings. The van der Waals surface area contributed by atoms with E-state index in [0.717, 1.165) is 56.7 Å². The third kappa shape index (κ3) is 4.60. The first kappa shape index (κ1) is 24.4. The van der Waals surface area contributed by atoms with E-state index in [4.69, 9.17) is 20.4 Å². The lowest BCUT2D eigenvalue weighted by Gasteiger charge is -2.28. The molecular weight excluding hydrogens is 470 g/mol. The zero-order valence-electron chi connectivity index (χ0n) is 21.7. The molecule has 0 spiro atoms. The van der Waals surface area contributed by atoms with E-state index < -0.39 is 0 Å². The molecule has 1 aliphatic heterocycles. The highest BCUT2D eigenvalue weighted by Gasteiger charge is 2.25. The highest BCUT2D eigenvalue weighted by molar-refractivity contribution is 7.21. The Bertz CT molecular complexity index is 1420. The Morgan fingerprint density at radius 1 is 1.08 bits per heavy atom. The molecule has 1 aromatic carbocycles. The lowest BCUT2D eigenvalue weighted by Crippen LogP contribution is -2.29. The van der Waals surface area contributed by atoms with Crippen LogP contribution in [-0.4, -0.2) is 52.1 Å². The zero-order valence-corrected chi connectivity index (χ0v) is 22.6. The second-order valence-electron chi connectivity index (χ2n) is 9.89. The van der Waals surface area contributed by atoms with E-state index >= 15 is 0 Å². The number of anilines is 2. The molecule has 8 nitrogen and oxygen atoms in total. The van der Waals surface area contributed by atoms with Crippen molar-refractivity contribution in [3.8, 4) is 16.9 Å². The molecule has 2 N–H and O–H groups in total. The maximum Gasteiger partial charge on any atom is 0.182 e. The first-order valence-corrected chi connectivity index (χ1v) is 13.1.